The number of ether oxygens (including phenoxy) is 1. The number of nitrogens with zero attached hydrogens (tertiary/aromatic N) is 1. The van der Waals surface area contributed by atoms with Crippen LogP contribution in [0.3, 0.4) is 0 Å². The van der Waals surface area contributed by atoms with E-state index in [4.69, 9.17) is 32.4 Å². The minimum Gasteiger partial charge on any atom is -0.488 e. The van der Waals surface area contributed by atoms with E-state index in [-0.39, 0.29) is 12.4 Å². The molecule has 5 nitrogen and oxygen atoms in total. The third-order valence-electron chi connectivity index (χ3n) is 3.65. The van der Waals surface area contributed by atoms with E-state index in [1.165, 1.54) is 6.21 Å². The van der Waals surface area contributed by atoms with Crippen LogP contribution in [0.25, 0.3) is 0 Å². The molecule has 0 unspecified atom stereocenters. The van der Waals surface area contributed by atoms with Crippen molar-refractivity contribution in [1.29, 1.82) is 0 Å². The molecule has 0 spiro atoms. The molecule has 0 atom stereocenters. The van der Waals surface area contributed by atoms with Crippen molar-refractivity contribution in [3.8, 4) is 5.75 Å². The van der Waals surface area contributed by atoms with Gasteiger partial charge >= 0.3 is 5.91 Å². The summed E-state index contributed by atoms with van der Waals surface area (Å²) in [5.41, 5.74) is 3.94. The van der Waals surface area contributed by atoms with Gasteiger partial charge in [0.1, 0.15) is 18.1 Å². The molecule has 0 bridgehead atoms. The summed E-state index contributed by atoms with van der Waals surface area (Å²) >= 11 is 12.1. The molecule has 1 aromatic heterocycles. The van der Waals surface area contributed by atoms with Crippen LogP contribution in [0.4, 0.5) is 0 Å². The molecule has 1 heterocycles. The maximum Gasteiger partial charge on any atom is 0.307 e. The Balaban J connectivity index is 1.65. The Labute approximate surface area is 166 Å². The quantitative estimate of drug-likeness (QED) is 0.452. The zero-order valence-electron chi connectivity index (χ0n) is 14.4. The van der Waals surface area contributed by atoms with Gasteiger partial charge in [-0.2, -0.15) is 5.10 Å². The van der Waals surface area contributed by atoms with Crippen molar-refractivity contribution in [2.24, 2.45) is 5.10 Å². The number of amides is 1. The SMILES string of the molecule is Cc1ccc(C(=O)N/N=C\c2ccccc2OCc2ccc(Cl)cc2Cl)o1. The standard InChI is InChI=1S/C20H16Cl2N2O3/c1-13-6-9-19(27-13)20(25)24-23-11-14-4-2-3-5-18(14)26-12-15-7-8-16(21)10-17(15)22/h2-11H,12H2,1H3,(H,24,25)/b23-11-. The molecule has 2 aromatic carbocycles. The van der Waals surface area contributed by atoms with Crippen molar-refractivity contribution in [2.75, 3.05) is 0 Å². The molecule has 0 aliphatic rings. The Morgan fingerprint density at radius 2 is 2.00 bits per heavy atom. The Morgan fingerprint density at radius 3 is 2.74 bits per heavy atom. The molecule has 1 N–H and O–H groups in total. The largest absolute Gasteiger partial charge is 0.488 e. The third-order valence-corrected chi connectivity index (χ3v) is 4.24. The van der Waals surface area contributed by atoms with Gasteiger partial charge in [0.05, 0.1) is 6.21 Å². The lowest BCUT2D eigenvalue weighted by Crippen LogP contribution is -2.16. The second kappa shape index (κ2) is 8.75. The lowest BCUT2D eigenvalue weighted by atomic mass is 10.2. The number of hydrogen-bond acceptors (Lipinski definition) is 4. The van der Waals surface area contributed by atoms with E-state index >= 15 is 0 Å². The first-order valence-corrected chi connectivity index (χ1v) is 8.84. The second-order valence-electron chi connectivity index (χ2n) is 5.67. The average Bonchev–Trinajstić information content (AvgIpc) is 3.08. The fourth-order valence-electron chi connectivity index (χ4n) is 2.28. The summed E-state index contributed by atoms with van der Waals surface area (Å²) in [6.07, 6.45) is 1.51. The van der Waals surface area contributed by atoms with E-state index < -0.39 is 5.91 Å². The number of hydrazone groups is 1. The van der Waals surface area contributed by atoms with Gasteiger partial charge in [0.2, 0.25) is 0 Å². The number of furan rings is 1. The Morgan fingerprint density at radius 1 is 1.19 bits per heavy atom. The number of nitrogens with one attached hydrogen (secondary N) is 1. The van der Waals surface area contributed by atoms with Crippen LogP contribution in [0.2, 0.25) is 10.0 Å². The molecule has 27 heavy (non-hydrogen) atoms. The first kappa shape index (κ1) is 19.0. The smallest absolute Gasteiger partial charge is 0.307 e. The molecule has 0 saturated heterocycles. The van der Waals surface area contributed by atoms with Crippen molar-refractivity contribution in [2.45, 2.75) is 13.5 Å². The van der Waals surface area contributed by atoms with Gasteiger partial charge in [-0.05, 0) is 43.3 Å². The molecule has 1 amide bonds. The van der Waals surface area contributed by atoms with Crippen molar-refractivity contribution in [1.82, 2.24) is 5.43 Å². The predicted octanol–water partition coefficient (Wildman–Crippen LogP) is 5.24. The lowest BCUT2D eigenvalue weighted by Gasteiger charge is -2.10. The lowest BCUT2D eigenvalue weighted by molar-refractivity contribution is 0.0926. The van der Waals surface area contributed by atoms with Crippen LogP contribution < -0.4 is 10.2 Å². The van der Waals surface area contributed by atoms with Gasteiger partial charge in [-0.25, -0.2) is 5.43 Å². The van der Waals surface area contributed by atoms with Crippen LogP contribution in [-0.4, -0.2) is 12.1 Å². The molecule has 0 fully saturated rings. The van der Waals surface area contributed by atoms with Crippen molar-refractivity contribution >= 4 is 35.3 Å². The topological polar surface area (TPSA) is 63.8 Å². The van der Waals surface area contributed by atoms with E-state index in [2.05, 4.69) is 10.5 Å². The summed E-state index contributed by atoms with van der Waals surface area (Å²) in [7, 11) is 0. The van der Waals surface area contributed by atoms with Gasteiger partial charge in [0.25, 0.3) is 0 Å². The first-order valence-electron chi connectivity index (χ1n) is 8.08. The Kier molecular flexibility index (Phi) is 6.16. The number of hydrogen-bond donors (Lipinski definition) is 1. The number of aryl methyl sites for hydroxylation is 1. The molecule has 0 aliphatic carbocycles. The van der Waals surface area contributed by atoms with E-state index in [9.17, 15) is 4.79 Å². The highest BCUT2D eigenvalue weighted by Crippen LogP contribution is 2.23. The van der Waals surface area contributed by atoms with Crippen LogP contribution in [0.15, 0.2) is 64.1 Å². The van der Waals surface area contributed by atoms with Crippen LogP contribution in [-0.2, 0) is 6.61 Å². The maximum absolute atomic E-state index is 11.9. The molecular formula is C20H16Cl2N2O3. The average molecular weight is 403 g/mol. The van der Waals surface area contributed by atoms with E-state index in [1.807, 2.05) is 30.3 Å². The van der Waals surface area contributed by atoms with E-state index in [0.717, 1.165) is 5.56 Å². The number of carbonyl (C=O) groups is 1. The third kappa shape index (κ3) is 5.12. The molecule has 0 radical (unpaired) electrons. The summed E-state index contributed by atoms with van der Waals surface area (Å²) < 4.78 is 11.1. The van der Waals surface area contributed by atoms with Crippen molar-refractivity contribution in [3.05, 3.63) is 87.3 Å². The fraction of sp³-hybridized carbons (Fsp3) is 0.100. The van der Waals surface area contributed by atoms with Gasteiger partial charge in [0.15, 0.2) is 5.76 Å². The molecule has 3 aromatic rings. The molecule has 138 valence electrons. The Bertz CT molecular complexity index is 983. The molecular weight excluding hydrogens is 387 g/mol. The minimum atomic E-state index is -0.425. The number of carbonyl (C=O) groups excluding carboxylic acids is 1. The number of benzene rings is 2. The van der Waals surface area contributed by atoms with Crippen LogP contribution in [0.1, 0.15) is 27.4 Å². The molecule has 3 rings (SSSR count). The molecule has 7 heteroatoms. The highest BCUT2D eigenvalue weighted by Gasteiger charge is 2.09. The van der Waals surface area contributed by atoms with E-state index in [1.54, 1.807) is 31.2 Å². The zero-order valence-corrected chi connectivity index (χ0v) is 15.9. The zero-order chi connectivity index (χ0) is 19.2. The van der Waals surface area contributed by atoms with Gasteiger partial charge in [-0.3, -0.25) is 4.79 Å². The van der Waals surface area contributed by atoms with Crippen molar-refractivity contribution in [3.63, 3.8) is 0 Å². The maximum atomic E-state index is 11.9. The summed E-state index contributed by atoms with van der Waals surface area (Å²) in [5, 5.41) is 5.07. The summed E-state index contributed by atoms with van der Waals surface area (Å²) in [5.74, 6) is 1.04. The van der Waals surface area contributed by atoms with Crippen LogP contribution >= 0.6 is 23.2 Å². The monoisotopic (exact) mass is 402 g/mol. The first-order chi connectivity index (χ1) is 13.0. The molecule has 0 saturated carbocycles. The van der Waals surface area contributed by atoms with Gasteiger partial charge < -0.3 is 9.15 Å². The second-order valence-corrected chi connectivity index (χ2v) is 6.52. The van der Waals surface area contributed by atoms with Crippen LogP contribution in [0.5, 0.6) is 5.75 Å². The Hall–Kier alpha value is -2.76. The number of para-hydroxylation sites is 1. The summed E-state index contributed by atoms with van der Waals surface area (Å²) in [6, 6.07) is 15.9. The van der Waals surface area contributed by atoms with Crippen molar-refractivity contribution < 1.29 is 13.9 Å². The minimum absolute atomic E-state index is 0.201. The number of halogens is 2. The normalized spacial score (nSPS) is 10.9. The number of rotatable bonds is 6. The van der Waals surface area contributed by atoms with E-state index in [0.29, 0.717) is 27.1 Å². The van der Waals surface area contributed by atoms with Gasteiger partial charge in [-0.15, -0.1) is 0 Å². The van der Waals surface area contributed by atoms with Gasteiger partial charge in [0, 0.05) is 21.2 Å². The predicted molar refractivity (Wildman–Crippen MR) is 106 cm³/mol. The summed E-state index contributed by atoms with van der Waals surface area (Å²) in [4.78, 5) is 11.9. The van der Waals surface area contributed by atoms with Crippen LogP contribution in [0, 0.1) is 6.92 Å². The molecule has 0 aliphatic heterocycles. The summed E-state index contributed by atoms with van der Waals surface area (Å²) in [6.45, 7) is 2.04. The fourth-order valence-corrected chi connectivity index (χ4v) is 2.75. The highest BCUT2D eigenvalue weighted by atomic mass is 35.5. The van der Waals surface area contributed by atoms with Gasteiger partial charge in [-0.1, -0.05) is 41.4 Å². The highest BCUT2D eigenvalue weighted by molar-refractivity contribution is 6.35.